The van der Waals surface area contributed by atoms with E-state index in [0.29, 0.717) is 5.41 Å². The maximum Gasteiger partial charge on any atom is 0.0782 e. The van der Waals surface area contributed by atoms with Crippen LogP contribution in [-0.2, 0) is 0 Å². The largest absolute Gasteiger partial charge is 0.388 e. The molecule has 1 heteroatoms. The Hall–Kier alpha value is -0.820. The second-order valence-electron chi connectivity index (χ2n) is 7.69. The average Bonchev–Trinajstić information content (AvgIpc) is 2.76. The van der Waals surface area contributed by atoms with E-state index in [0.717, 1.165) is 36.7 Å². The second-order valence-corrected chi connectivity index (χ2v) is 7.69. The number of hydrogen-bond acceptors (Lipinski definition) is 1. The third-order valence-electron chi connectivity index (χ3n) is 5.87. The molecule has 2 aliphatic carbocycles. The van der Waals surface area contributed by atoms with Crippen molar-refractivity contribution < 1.29 is 5.11 Å². The first-order valence-electron chi connectivity index (χ1n) is 8.54. The molecule has 1 nitrogen and oxygen atoms in total. The lowest BCUT2D eigenvalue weighted by Gasteiger charge is -2.38. The molecule has 0 aliphatic heterocycles. The normalized spacial score (nSPS) is 34.7. The van der Waals surface area contributed by atoms with E-state index in [9.17, 15) is 5.11 Å². The maximum absolute atomic E-state index is 10.2. The quantitative estimate of drug-likeness (QED) is 0.638. The minimum atomic E-state index is -0.313. The first kappa shape index (κ1) is 16.5. The van der Waals surface area contributed by atoms with Gasteiger partial charge < -0.3 is 5.11 Å². The third-order valence-corrected chi connectivity index (χ3v) is 5.87. The summed E-state index contributed by atoms with van der Waals surface area (Å²) in [7, 11) is 0. The van der Waals surface area contributed by atoms with Gasteiger partial charge in [0.1, 0.15) is 0 Å². The fraction of sp³-hybridized carbons (Fsp3) is 0.700. The van der Waals surface area contributed by atoms with Crippen molar-refractivity contribution in [2.24, 2.45) is 17.3 Å². The monoisotopic (exact) mass is 288 g/mol. The van der Waals surface area contributed by atoms with Gasteiger partial charge in [-0.3, -0.25) is 0 Å². The molecule has 0 saturated carbocycles. The highest BCUT2D eigenvalue weighted by Crippen LogP contribution is 2.52. The first-order chi connectivity index (χ1) is 9.84. The summed E-state index contributed by atoms with van der Waals surface area (Å²) in [6, 6.07) is 0. The summed E-state index contributed by atoms with van der Waals surface area (Å²) in [6.07, 6.45) is 12.1. The van der Waals surface area contributed by atoms with Gasteiger partial charge in [0.2, 0.25) is 0 Å². The highest BCUT2D eigenvalue weighted by molar-refractivity contribution is 5.27. The highest BCUT2D eigenvalue weighted by Gasteiger charge is 2.41. The molecule has 1 N–H and O–H groups in total. The highest BCUT2D eigenvalue weighted by atomic mass is 16.3. The molecule has 0 radical (unpaired) electrons. The third kappa shape index (κ3) is 3.51. The molecule has 0 heterocycles. The zero-order valence-electron chi connectivity index (χ0n) is 14.4. The Morgan fingerprint density at radius 2 is 1.86 bits per heavy atom. The summed E-state index contributed by atoms with van der Waals surface area (Å²) in [5.41, 5.74) is 4.48. The fourth-order valence-electron chi connectivity index (χ4n) is 4.14. The van der Waals surface area contributed by atoms with Crippen LogP contribution in [0.4, 0.5) is 0 Å². The van der Waals surface area contributed by atoms with Crippen molar-refractivity contribution in [3.8, 4) is 0 Å². The van der Waals surface area contributed by atoms with Crippen molar-refractivity contribution in [2.45, 2.75) is 72.8 Å². The summed E-state index contributed by atoms with van der Waals surface area (Å²) in [5, 5.41) is 10.2. The predicted molar refractivity (Wildman–Crippen MR) is 91.1 cm³/mol. The molecule has 0 bridgehead atoms. The van der Waals surface area contributed by atoms with E-state index in [2.05, 4.69) is 52.8 Å². The van der Waals surface area contributed by atoms with E-state index in [1.165, 1.54) is 18.4 Å². The van der Waals surface area contributed by atoms with Crippen LogP contribution in [-0.4, -0.2) is 11.2 Å². The van der Waals surface area contributed by atoms with Crippen molar-refractivity contribution >= 4 is 0 Å². The van der Waals surface area contributed by atoms with E-state index >= 15 is 0 Å². The molecule has 0 saturated heterocycles. The predicted octanol–water partition coefficient (Wildman–Crippen LogP) is 5.42. The number of aliphatic hydroxyl groups excluding tert-OH is 1. The van der Waals surface area contributed by atoms with Crippen LogP contribution >= 0.6 is 0 Å². The minimum absolute atomic E-state index is 0.313. The molecule has 0 fully saturated rings. The SMILES string of the molecule is CC1=CCC(O)C(C)=CCC2=CCC(C(C)C)C2(C)CC1. The van der Waals surface area contributed by atoms with E-state index in [1.807, 2.05) is 0 Å². The Morgan fingerprint density at radius 3 is 2.52 bits per heavy atom. The van der Waals surface area contributed by atoms with Crippen LogP contribution in [0, 0.1) is 17.3 Å². The Bertz CT molecular complexity index is 466. The van der Waals surface area contributed by atoms with Gasteiger partial charge in [0.25, 0.3) is 0 Å². The summed E-state index contributed by atoms with van der Waals surface area (Å²) in [6.45, 7) is 11.5. The molecule has 0 amide bonds. The van der Waals surface area contributed by atoms with Crippen LogP contribution < -0.4 is 0 Å². The summed E-state index contributed by atoms with van der Waals surface area (Å²) in [4.78, 5) is 0. The van der Waals surface area contributed by atoms with E-state index in [4.69, 9.17) is 0 Å². The average molecular weight is 288 g/mol. The molecule has 0 aromatic carbocycles. The molecule has 118 valence electrons. The molecule has 3 unspecified atom stereocenters. The van der Waals surface area contributed by atoms with Crippen LogP contribution in [0.2, 0.25) is 0 Å². The molecule has 0 aromatic heterocycles. The van der Waals surface area contributed by atoms with Gasteiger partial charge in [0, 0.05) is 0 Å². The van der Waals surface area contributed by atoms with Gasteiger partial charge in [-0.1, -0.05) is 50.1 Å². The van der Waals surface area contributed by atoms with Crippen molar-refractivity contribution in [2.75, 3.05) is 0 Å². The van der Waals surface area contributed by atoms with E-state index < -0.39 is 0 Å². The van der Waals surface area contributed by atoms with Gasteiger partial charge in [0.05, 0.1) is 6.10 Å². The molecule has 3 atom stereocenters. The molecule has 21 heavy (non-hydrogen) atoms. The lowest BCUT2D eigenvalue weighted by atomic mass is 9.67. The zero-order valence-corrected chi connectivity index (χ0v) is 14.4. The molecule has 2 rings (SSSR count). The molecule has 0 aromatic rings. The zero-order chi connectivity index (χ0) is 15.6. The molecule has 0 spiro atoms. The molecule has 2 aliphatic rings. The van der Waals surface area contributed by atoms with Gasteiger partial charge in [0.15, 0.2) is 0 Å². The number of fused-ring (bicyclic) bond motifs is 1. The van der Waals surface area contributed by atoms with E-state index in [-0.39, 0.29) is 6.10 Å². The smallest absolute Gasteiger partial charge is 0.0782 e. The van der Waals surface area contributed by atoms with E-state index in [1.54, 1.807) is 5.57 Å². The summed E-state index contributed by atoms with van der Waals surface area (Å²) < 4.78 is 0. The number of hydrogen-bond donors (Lipinski definition) is 1. The maximum atomic E-state index is 10.2. The van der Waals surface area contributed by atoms with Crippen molar-refractivity contribution in [1.29, 1.82) is 0 Å². The number of allylic oxidation sites excluding steroid dienone is 4. The number of rotatable bonds is 1. The van der Waals surface area contributed by atoms with Crippen LogP contribution in [0.15, 0.2) is 34.9 Å². The second kappa shape index (κ2) is 6.52. The van der Waals surface area contributed by atoms with Crippen LogP contribution in [0.1, 0.15) is 66.7 Å². The Kier molecular flexibility index (Phi) is 5.14. The lowest BCUT2D eigenvalue weighted by molar-refractivity contribution is 0.183. The van der Waals surface area contributed by atoms with Crippen molar-refractivity contribution in [1.82, 2.24) is 0 Å². The molecular formula is C20H32O. The van der Waals surface area contributed by atoms with Crippen LogP contribution in [0.25, 0.3) is 0 Å². The standard InChI is InChI=1S/C20H32O/c1-14(2)18-10-9-17-8-7-16(4)19(21)11-6-15(3)12-13-20(17,18)5/h6-7,9,14,18-19,21H,8,10-13H2,1-5H3. The summed E-state index contributed by atoms with van der Waals surface area (Å²) in [5.74, 6) is 1.49. The fourth-order valence-corrected chi connectivity index (χ4v) is 4.14. The Balaban J connectivity index is 2.32. The molecular weight excluding hydrogens is 256 g/mol. The van der Waals surface area contributed by atoms with Crippen LogP contribution in [0.5, 0.6) is 0 Å². The Labute approximate surface area is 130 Å². The first-order valence-corrected chi connectivity index (χ1v) is 8.54. The topological polar surface area (TPSA) is 20.2 Å². The van der Waals surface area contributed by atoms with Gasteiger partial charge in [-0.2, -0.15) is 0 Å². The minimum Gasteiger partial charge on any atom is -0.388 e. The van der Waals surface area contributed by atoms with Gasteiger partial charge in [-0.15, -0.1) is 0 Å². The van der Waals surface area contributed by atoms with Crippen molar-refractivity contribution in [3.63, 3.8) is 0 Å². The summed E-state index contributed by atoms with van der Waals surface area (Å²) >= 11 is 0. The van der Waals surface area contributed by atoms with Crippen LogP contribution in [0.3, 0.4) is 0 Å². The van der Waals surface area contributed by atoms with Gasteiger partial charge in [-0.25, -0.2) is 0 Å². The van der Waals surface area contributed by atoms with Gasteiger partial charge in [-0.05, 0) is 68.8 Å². The number of aliphatic hydroxyl groups is 1. The van der Waals surface area contributed by atoms with Crippen molar-refractivity contribution in [3.05, 3.63) is 34.9 Å². The Morgan fingerprint density at radius 1 is 1.14 bits per heavy atom. The van der Waals surface area contributed by atoms with Gasteiger partial charge >= 0.3 is 0 Å². The lowest BCUT2D eigenvalue weighted by Crippen LogP contribution is -2.29.